The standard InChI is InChI=1S/C14H22N2O4S.ClH/c1-11(14(17)16-9-8-15-2)10-21(18,19)13-6-4-12(20-3)5-7-13;/h4-7,11,15H,8-10H2,1-3H3,(H,16,17);1H. The first kappa shape index (κ1) is 20.7. The molecule has 1 unspecified atom stereocenters. The first-order chi connectivity index (χ1) is 9.90. The number of halogens is 1. The van der Waals surface area contributed by atoms with Gasteiger partial charge in [-0.3, -0.25) is 4.79 Å². The predicted molar refractivity (Wildman–Crippen MR) is 88.4 cm³/mol. The number of hydrogen-bond donors (Lipinski definition) is 2. The van der Waals surface area contributed by atoms with E-state index in [0.717, 1.165) is 0 Å². The topological polar surface area (TPSA) is 84.5 Å². The summed E-state index contributed by atoms with van der Waals surface area (Å²) in [6.45, 7) is 2.72. The highest BCUT2D eigenvalue weighted by molar-refractivity contribution is 7.91. The highest BCUT2D eigenvalue weighted by Gasteiger charge is 2.23. The Morgan fingerprint density at radius 3 is 2.32 bits per heavy atom. The molecule has 6 nitrogen and oxygen atoms in total. The second-order valence-corrected chi connectivity index (χ2v) is 6.79. The molecule has 1 amide bonds. The van der Waals surface area contributed by atoms with E-state index in [1.54, 1.807) is 26.1 Å². The number of nitrogens with one attached hydrogen (secondary N) is 2. The van der Waals surface area contributed by atoms with Crippen molar-refractivity contribution in [3.63, 3.8) is 0 Å². The van der Waals surface area contributed by atoms with E-state index in [0.29, 0.717) is 18.8 Å². The fourth-order valence-corrected chi connectivity index (χ4v) is 3.32. The first-order valence-corrected chi connectivity index (χ1v) is 8.35. The van der Waals surface area contributed by atoms with Gasteiger partial charge in [0.15, 0.2) is 9.84 Å². The maximum Gasteiger partial charge on any atom is 0.223 e. The number of methoxy groups -OCH3 is 1. The van der Waals surface area contributed by atoms with Crippen LogP contribution in [0.2, 0.25) is 0 Å². The molecule has 1 aromatic carbocycles. The lowest BCUT2D eigenvalue weighted by Crippen LogP contribution is -2.36. The molecule has 8 heteroatoms. The summed E-state index contributed by atoms with van der Waals surface area (Å²) < 4.78 is 29.5. The van der Waals surface area contributed by atoms with Crippen molar-refractivity contribution in [3.8, 4) is 5.75 Å². The molecular weight excluding hydrogens is 328 g/mol. The number of hydrogen-bond acceptors (Lipinski definition) is 5. The number of carbonyl (C=O) groups excluding carboxylic acids is 1. The molecule has 0 heterocycles. The zero-order chi connectivity index (χ0) is 15.9. The summed E-state index contributed by atoms with van der Waals surface area (Å²) in [6.07, 6.45) is 0. The molecule has 0 aliphatic rings. The maximum atomic E-state index is 12.2. The van der Waals surface area contributed by atoms with Gasteiger partial charge < -0.3 is 15.4 Å². The summed E-state index contributed by atoms with van der Waals surface area (Å²) in [6, 6.07) is 6.15. The fourth-order valence-electron chi connectivity index (χ4n) is 1.77. The minimum absolute atomic E-state index is 0. The molecule has 0 aromatic heterocycles. The molecule has 0 radical (unpaired) electrons. The van der Waals surface area contributed by atoms with Crippen LogP contribution in [-0.2, 0) is 14.6 Å². The van der Waals surface area contributed by atoms with Crippen molar-refractivity contribution in [2.45, 2.75) is 11.8 Å². The normalized spacial score (nSPS) is 12.1. The van der Waals surface area contributed by atoms with E-state index in [1.165, 1.54) is 19.2 Å². The maximum absolute atomic E-state index is 12.2. The second-order valence-electron chi connectivity index (χ2n) is 4.75. The third-order valence-corrected chi connectivity index (χ3v) is 4.94. The lowest BCUT2D eigenvalue weighted by Gasteiger charge is -2.13. The van der Waals surface area contributed by atoms with Gasteiger partial charge in [-0.15, -0.1) is 12.4 Å². The molecule has 0 saturated heterocycles. The minimum Gasteiger partial charge on any atom is -0.497 e. The smallest absolute Gasteiger partial charge is 0.223 e. The Morgan fingerprint density at radius 1 is 1.23 bits per heavy atom. The van der Waals surface area contributed by atoms with E-state index in [-0.39, 0.29) is 29.0 Å². The molecule has 0 bridgehead atoms. The van der Waals surface area contributed by atoms with Gasteiger partial charge in [-0.25, -0.2) is 8.42 Å². The number of carbonyl (C=O) groups is 1. The summed E-state index contributed by atoms with van der Waals surface area (Å²) in [5.74, 6) is -0.492. The van der Waals surface area contributed by atoms with Crippen LogP contribution in [0.1, 0.15) is 6.92 Å². The lowest BCUT2D eigenvalue weighted by atomic mass is 10.2. The average Bonchev–Trinajstić information content (AvgIpc) is 2.47. The summed E-state index contributed by atoms with van der Waals surface area (Å²) in [4.78, 5) is 12.0. The lowest BCUT2D eigenvalue weighted by molar-refractivity contribution is -0.123. The molecule has 1 aromatic rings. The molecule has 22 heavy (non-hydrogen) atoms. The van der Waals surface area contributed by atoms with Gasteiger partial charge in [0.05, 0.1) is 17.8 Å². The van der Waals surface area contributed by atoms with E-state index in [1.807, 2.05) is 0 Å². The summed E-state index contributed by atoms with van der Waals surface area (Å²) in [7, 11) is -0.196. The fraction of sp³-hybridized carbons (Fsp3) is 0.500. The van der Waals surface area contributed by atoms with Crippen LogP contribution in [0.4, 0.5) is 0 Å². The largest absolute Gasteiger partial charge is 0.497 e. The van der Waals surface area contributed by atoms with E-state index < -0.39 is 15.8 Å². The highest BCUT2D eigenvalue weighted by atomic mass is 35.5. The van der Waals surface area contributed by atoms with Crippen molar-refractivity contribution >= 4 is 28.2 Å². The monoisotopic (exact) mass is 350 g/mol. The SMILES string of the molecule is CNCCNC(=O)C(C)CS(=O)(=O)c1ccc(OC)cc1.Cl. The average molecular weight is 351 g/mol. The van der Waals surface area contributed by atoms with Crippen LogP contribution in [0, 0.1) is 5.92 Å². The van der Waals surface area contributed by atoms with Gasteiger partial charge in [-0.05, 0) is 31.3 Å². The van der Waals surface area contributed by atoms with Crippen LogP contribution in [-0.4, -0.2) is 47.3 Å². The third-order valence-electron chi connectivity index (χ3n) is 3.01. The zero-order valence-electron chi connectivity index (χ0n) is 13.0. The zero-order valence-corrected chi connectivity index (χ0v) is 14.6. The molecule has 1 atom stereocenters. The number of ether oxygens (including phenoxy) is 1. The molecule has 126 valence electrons. The molecule has 0 spiro atoms. The second kappa shape index (κ2) is 9.66. The molecule has 1 rings (SSSR count). The van der Waals surface area contributed by atoms with Crippen molar-refractivity contribution < 1.29 is 17.9 Å². The third kappa shape index (κ3) is 6.21. The van der Waals surface area contributed by atoms with E-state index in [4.69, 9.17) is 4.74 Å². The van der Waals surface area contributed by atoms with Crippen LogP contribution in [0.5, 0.6) is 5.75 Å². The quantitative estimate of drug-likeness (QED) is 0.679. The van der Waals surface area contributed by atoms with Crippen LogP contribution in [0.25, 0.3) is 0 Å². The van der Waals surface area contributed by atoms with Crippen LogP contribution in [0.15, 0.2) is 29.2 Å². The summed E-state index contributed by atoms with van der Waals surface area (Å²) in [5.41, 5.74) is 0. The minimum atomic E-state index is -3.49. The van der Waals surface area contributed by atoms with Crippen LogP contribution >= 0.6 is 12.4 Å². The Balaban J connectivity index is 0.00000441. The van der Waals surface area contributed by atoms with Gasteiger partial charge in [0.2, 0.25) is 5.91 Å². The van der Waals surface area contributed by atoms with Gasteiger partial charge in [-0.2, -0.15) is 0 Å². The van der Waals surface area contributed by atoms with Crippen molar-refractivity contribution in [3.05, 3.63) is 24.3 Å². The Labute approximate surface area is 138 Å². The molecule has 0 aliphatic carbocycles. The Morgan fingerprint density at radius 2 is 1.82 bits per heavy atom. The van der Waals surface area contributed by atoms with Crippen LogP contribution < -0.4 is 15.4 Å². The van der Waals surface area contributed by atoms with Crippen molar-refractivity contribution in [2.75, 3.05) is 33.0 Å². The van der Waals surface area contributed by atoms with E-state index in [9.17, 15) is 13.2 Å². The van der Waals surface area contributed by atoms with Gasteiger partial charge in [-0.1, -0.05) is 6.92 Å². The van der Waals surface area contributed by atoms with E-state index >= 15 is 0 Å². The summed E-state index contributed by atoms with van der Waals surface area (Å²) in [5, 5.41) is 5.59. The highest BCUT2D eigenvalue weighted by Crippen LogP contribution is 2.18. The van der Waals surface area contributed by atoms with Crippen LogP contribution in [0.3, 0.4) is 0 Å². The van der Waals surface area contributed by atoms with E-state index in [2.05, 4.69) is 10.6 Å². The Bertz CT molecular complexity index is 561. The van der Waals surface area contributed by atoms with Crippen molar-refractivity contribution in [1.29, 1.82) is 0 Å². The Hall–Kier alpha value is -1.31. The van der Waals surface area contributed by atoms with Gasteiger partial charge in [0.1, 0.15) is 5.75 Å². The van der Waals surface area contributed by atoms with Gasteiger partial charge in [0, 0.05) is 19.0 Å². The van der Waals surface area contributed by atoms with Gasteiger partial charge >= 0.3 is 0 Å². The number of amides is 1. The van der Waals surface area contributed by atoms with Crippen molar-refractivity contribution in [2.24, 2.45) is 5.92 Å². The van der Waals surface area contributed by atoms with Crippen molar-refractivity contribution in [1.82, 2.24) is 10.6 Å². The first-order valence-electron chi connectivity index (χ1n) is 6.70. The number of likely N-dealkylation sites (N-methyl/N-ethyl adjacent to an activating group) is 1. The molecular formula is C14H23ClN2O4S. The molecule has 0 aliphatic heterocycles. The molecule has 0 fully saturated rings. The number of sulfone groups is 1. The van der Waals surface area contributed by atoms with Gasteiger partial charge in [0.25, 0.3) is 0 Å². The molecule has 0 saturated carbocycles. The number of benzene rings is 1. The predicted octanol–water partition coefficient (Wildman–Crippen LogP) is 0.862. The number of rotatable bonds is 8. The Kier molecular flexibility index (Phi) is 9.08. The summed E-state index contributed by atoms with van der Waals surface area (Å²) >= 11 is 0. The molecule has 2 N–H and O–H groups in total.